The highest BCUT2D eigenvalue weighted by molar-refractivity contribution is 6.07. The molecule has 1 aromatic carbocycles. The third kappa shape index (κ3) is 4.13. The van der Waals surface area contributed by atoms with E-state index in [9.17, 15) is 4.79 Å². The number of hydrogen-bond donors (Lipinski definition) is 1. The van der Waals surface area contributed by atoms with Crippen molar-refractivity contribution in [2.45, 2.75) is 0 Å². The summed E-state index contributed by atoms with van der Waals surface area (Å²) in [7, 11) is 0. The van der Waals surface area contributed by atoms with Crippen LogP contribution in [0.15, 0.2) is 54.9 Å². The van der Waals surface area contributed by atoms with Crippen molar-refractivity contribution in [3.63, 3.8) is 0 Å². The molecule has 1 N–H and O–H groups in total. The number of morpholine rings is 1. The second kappa shape index (κ2) is 8.24. The number of nitrogens with zero attached hydrogens (tertiary/aromatic N) is 3. The van der Waals surface area contributed by atoms with Crippen molar-refractivity contribution >= 4 is 16.8 Å². The van der Waals surface area contributed by atoms with E-state index in [0.29, 0.717) is 12.1 Å². The summed E-state index contributed by atoms with van der Waals surface area (Å²) in [4.78, 5) is 24.0. The lowest BCUT2D eigenvalue weighted by Crippen LogP contribution is -2.41. The minimum atomic E-state index is -0.0769. The summed E-state index contributed by atoms with van der Waals surface area (Å²) >= 11 is 0. The smallest absolute Gasteiger partial charge is 0.252 e. The van der Waals surface area contributed by atoms with Crippen molar-refractivity contribution in [2.75, 3.05) is 39.4 Å². The van der Waals surface area contributed by atoms with E-state index in [1.54, 1.807) is 12.4 Å². The average Bonchev–Trinajstić information content (AvgIpc) is 2.74. The summed E-state index contributed by atoms with van der Waals surface area (Å²) in [5.74, 6) is -0.0769. The highest BCUT2D eigenvalue weighted by Gasteiger charge is 2.15. The molecule has 1 fully saturated rings. The molecule has 0 atom stereocenters. The molecule has 4 rings (SSSR count). The van der Waals surface area contributed by atoms with Gasteiger partial charge in [-0.1, -0.05) is 18.2 Å². The molecule has 6 heteroatoms. The number of para-hydroxylation sites is 1. The molecule has 0 bridgehead atoms. The molecular formula is C21H22N4O2. The van der Waals surface area contributed by atoms with Gasteiger partial charge in [0.1, 0.15) is 0 Å². The Morgan fingerprint density at radius 1 is 1.15 bits per heavy atom. The number of pyridine rings is 2. The van der Waals surface area contributed by atoms with Gasteiger partial charge in [0.2, 0.25) is 0 Å². The van der Waals surface area contributed by atoms with Crippen LogP contribution in [0.4, 0.5) is 0 Å². The molecule has 27 heavy (non-hydrogen) atoms. The maximum Gasteiger partial charge on any atom is 0.252 e. The maximum absolute atomic E-state index is 12.9. The van der Waals surface area contributed by atoms with Crippen molar-refractivity contribution in [3.8, 4) is 11.3 Å². The molecule has 1 saturated heterocycles. The molecule has 138 valence electrons. The van der Waals surface area contributed by atoms with Crippen LogP contribution in [0.2, 0.25) is 0 Å². The minimum absolute atomic E-state index is 0.0769. The lowest BCUT2D eigenvalue weighted by molar-refractivity contribution is 0.0383. The fraction of sp³-hybridized carbons (Fsp3) is 0.286. The van der Waals surface area contributed by atoms with Crippen LogP contribution >= 0.6 is 0 Å². The molecule has 1 aliphatic rings. The van der Waals surface area contributed by atoms with Gasteiger partial charge < -0.3 is 10.1 Å². The quantitative estimate of drug-likeness (QED) is 0.755. The van der Waals surface area contributed by atoms with Gasteiger partial charge in [-0.25, -0.2) is 4.98 Å². The molecule has 3 heterocycles. The lowest BCUT2D eigenvalue weighted by atomic mass is 10.0. The number of carbonyl (C=O) groups excluding carboxylic acids is 1. The van der Waals surface area contributed by atoms with Crippen LogP contribution < -0.4 is 5.32 Å². The molecule has 0 unspecified atom stereocenters. The Balaban J connectivity index is 1.56. The van der Waals surface area contributed by atoms with E-state index in [4.69, 9.17) is 9.72 Å². The standard InChI is InChI=1S/C21H22N4O2/c26-21(23-8-9-25-10-12-27-13-11-25)18-14-20(16-4-3-7-22-15-16)24-19-6-2-1-5-17(18)19/h1-7,14-15H,8-13H2,(H,23,26). The first-order valence-corrected chi connectivity index (χ1v) is 9.20. The lowest BCUT2D eigenvalue weighted by Gasteiger charge is -2.26. The normalized spacial score (nSPS) is 15.0. The Morgan fingerprint density at radius 3 is 2.81 bits per heavy atom. The topological polar surface area (TPSA) is 67.4 Å². The van der Waals surface area contributed by atoms with Crippen LogP contribution in [0.3, 0.4) is 0 Å². The molecule has 1 aliphatic heterocycles. The van der Waals surface area contributed by atoms with Gasteiger partial charge in [0.25, 0.3) is 5.91 Å². The van der Waals surface area contributed by atoms with E-state index in [-0.39, 0.29) is 5.91 Å². The first kappa shape index (κ1) is 17.6. The van der Waals surface area contributed by atoms with Crippen LogP contribution in [0, 0.1) is 0 Å². The van der Waals surface area contributed by atoms with Crippen LogP contribution in [0.5, 0.6) is 0 Å². The summed E-state index contributed by atoms with van der Waals surface area (Å²) < 4.78 is 5.36. The third-order valence-corrected chi connectivity index (χ3v) is 4.74. The van der Waals surface area contributed by atoms with Crippen molar-refractivity contribution in [2.24, 2.45) is 0 Å². The minimum Gasteiger partial charge on any atom is -0.379 e. The van der Waals surface area contributed by atoms with Gasteiger partial charge in [0.15, 0.2) is 0 Å². The molecule has 1 amide bonds. The van der Waals surface area contributed by atoms with Gasteiger partial charge in [0.05, 0.1) is 30.0 Å². The third-order valence-electron chi connectivity index (χ3n) is 4.74. The highest BCUT2D eigenvalue weighted by Crippen LogP contribution is 2.24. The number of rotatable bonds is 5. The van der Waals surface area contributed by atoms with Gasteiger partial charge in [-0.05, 0) is 24.3 Å². The molecule has 0 saturated carbocycles. The number of fused-ring (bicyclic) bond motifs is 1. The second-order valence-electron chi connectivity index (χ2n) is 6.52. The fourth-order valence-corrected chi connectivity index (χ4v) is 3.27. The van der Waals surface area contributed by atoms with Crippen molar-refractivity contribution in [1.29, 1.82) is 0 Å². The number of benzene rings is 1. The first-order chi connectivity index (χ1) is 13.3. The summed E-state index contributed by atoms with van der Waals surface area (Å²) in [5, 5.41) is 3.91. The number of aromatic nitrogens is 2. The van der Waals surface area contributed by atoms with Gasteiger partial charge in [-0.15, -0.1) is 0 Å². The van der Waals surface area contributed by atoms with Gasteiger partial charge in [0, 0.05) is 49.5 Å². The number of nitrogens with one attached hydrogen (secondary N) is 1. The second-order valence-corrected chi connectivity index (χ2v) is 6.52. The molecule has 0 radical (unpaired) electrons. The molecular weight excluding hydrogens is 340 g/mol. The van der Waals surface area contributed by atoms with Crippen molar-refractivity contribution in [1.82, 2.24) is 20.2 Å². The van der Waals surface area contributed by atoms with E-state index in [2.05, 4.69) is 15.2 Å². The molecule has 2 aromatic heterocycles. The van der Waals surface area contributed by atoms with Crippen molar-refractivity contribution < 1.29 is 9.53 Å². The Morgan fingerprint density at radius 2 is 2.00 bits per heavy atom. The zero-order chi connectivity index (χ0) is 18.5. The molecule has 6 nitrogen and oxygen atoms in total. The number of hydrogen-bond acceptors (Lipinski definition) is 5. The number of amides is 1. The highest BCUT2D eigenvalue weighted by atomic mass is 16.5. The van der Waals surface area contributed by atoms with E-state index in [0.717, 1.165) is 55.0 Å². The van der Waals surface area contributed by atoms with Gasteiger partial charge in [-0.2, -0.15) is 0 Å². The molecule has 0 aliphatic carbocycles. The van der Waals surface area contributed by atoms with Crippen molar-refractivity contribution in [3.05, 3.63) is 60.4 Å². The van der Waals surface area contributed by atoms with E-state index >= 15 is 0 Å². The number of ether oxygens (including phenoxy) is 1. The predicted octanol–water partition coefficient (Wildman–Crippen LogP) is 2.36. The first-order valence-electron chi connectivity index (χ1n) is 9.20. The maximum atomic E-state index is 12.9. The van der Waals surface area contributed by atoms with Crippen LogP contribution in [-0.2, 0) is 4.74 Å². The molecule has 0 spiro atoms. The summed E-state index contributed by atoms with van der Waals surface area (Å²) in [6.45, 7) is 4.79. The van der Waals surface area contributed by atoms with Crippen LogP contribution in [0.1, 0.15) is 10.4 Å². The predicted molar refractivity (Wildman–Crippen MR) is 105 cm³/mol. The number of carbonyl (C=O) groups is 1. The van der Waals surface area contributed by atoms with Crippen LogP contribution in [-0.4, -0.2) is 60.2 Å². The Kier molecular flexibility index (Phi) is 5.37. The summed E-state index contributed by atoms with van der Waals surface area (Å²) in [6.07, 6.45) is 3.49. The largest absolute Gasteiger partial charge is 0.379 e. The summed E-state index contributed by atoms with van der Waals surface area (Å²) in [6, 6.07) is 13.4. The van der Waals surface area contributed by atoms with E-state index in [1.807, 2.05) is 42.5 Å². The Bertz CT molecular complexity index is 924. The van der Waals surface area contributed by atoms with E-state index in [1.165, 1.54) is 0 Å². The summed E-state index contributed by atoms with van der Waals surface area (Å²) in [5.41, 5.74) is 3.09. The SMILES string of the molecule is O=C(NCCN1CCOCC1)c1cc(-c2cccnc2)nc2ccccc12. The average molecular weight is 362 g/mol. The zero-order valence-electron chi connectivity index (χ0n) is 15.1. The fourth-order valence-electron chi connectivity index (χ4n) is 3.27. The Hall–Kier alpha value is -2.83. The van der Waals surface area contributed by atoms with E-state index < -0.39 is 0 Å². The van der Waals surface area contributed by atoms with Crippen LogP contribution in [0.25, 0.3) is 22.2 Å². The molecule has 3 aromatic rings. The van der Waals surface area contributed by atoms with Gasteiger partial charge >= 0.3 is 0 Å². The monoisotopic (exact) mass is 362 g/mol. The Labute approximate surface area is 158 Å². The zero-order valence-corrected chi connectivity index (χ0v) is 15.1. The van der Waals surface area contributed by atoms with Gasteiger partial charge in [-0.3, -0.25) is 14.7 Å².